The van der Waals surface area contributed by atoms with Crippen molar-refractivity contribution in [3.05, 3.63) is 82.8 Å². The van der Waals surface area contributed by atoms with Crippen LogP contribution in [0.3, 0.4) is 0 Å². The Morgan fingerprint density at radius 2 is 1.50 bits per heavy atom. The summed E-state index contributed by atoms with van der Waals surface area (Å²) in [6.45, 7) is 1.07. The summed E-state index contributed by atoms with van der Waals surface area (Å²) in [5.41, 5.74) is 2.74. The third-order valence-corrected chi connectivity index (χ3v) is 5.83. The van der Waals surface area contributed by atoms with Crippen LogP contribution in [0.4, 0.5) is 8.78 Å². The highest BCUT2D eigenvalue weighted by molar-refractivity contribution is 5.93. The van der Waals surface area contributed by atoms with E-state index in [4.69, 9.17) is 0 Å². The lowest BCUT2D eigenvalue weighted by Gasteiger charge is -2.28. The Kier molecular flexibility index (Phi) is 6.15. The summed E-state index contributed by atoms with van der Waals surface area (Å²) in [7, 11) is 1.87. The minimum Gasteiger partial charge on any atom is -0.329 e. The van der Waals surface area contributed by atoms with Crippen molar-refractivity contribution in [2.45, 2.75) is 18.8 Å². The standard InChI is InChI=1S/C20H13NO2.C6H11F2N/c22-12-13-1-2-15-10-16(4-3-14(15)9-13)17-5-6-19-18(11-17)7-8-21-20(19)23;1-9-4-2-6(7,8)3-5-9/h1-12H,(H,21,23);2-5H2,1H3. The van der Waals surface area contributed by atoms with E-state index in [0.717, 1.165) is 33.6 Å². The summed E-state index contributed by atoms with van der Waals surface area (Å²) in [5, 5.41) is 3.73. The van der Waals surface area contributed by atoms with Gasteiger partial charge in [0.2, 0.25) is 0 Å². The first-order valence-corrected chi connectivity index (χ1v) is 10.5. The molecule has 1 aromatic heterocycles. The van der Waals surface area contributed by atoms with Crippen molar-refractivity contribution in [1.29, 1.82) is 0 Å². The Hall–Kier alpha value is -3.38. The van der Waals surface area contributed by atoms with Crippen LogP contribution in [0.25, 0.3) is 32.7 Å². The lowest BCUT2D eigenvalue weighted by molar-refractivity contribution is -0.0504. The lowest BCUT2D eigenvalue weighted by atomic mass is 9.98. The fourth-order valence-electron chi connectivity index (χ4n) is 3.83. The first kappa shape index (κ1) is 21.8. The van der Waals surface area contributed by atoms with Crippen LogP contribution in [0.5, 0.6) is 0 Å². The van der Waals surface area contributed by atoms with E-state index < -0.39 is 5.92 Å². The molecule has 0 spiro atoms. The number of aromatic nitrogens is 1. The maximum absolute atomic E-state index is 12.4. The summed E-state index contributed by atoms with van der Waals surface area (Å²) in [5.74, 6) is -2.38. The molecule has 0 radical (unpaired) electrons. The van der Waals surface area contributed by atoms with E-state index in [9.17, 15) is 18.4 Å². The van der Waals surface area contributed by atoms with Crippen LogP contribution in [0, 0.1) is 0 Å². The normalized spacial score (nSPS) is 15.8. The number of hydrogen-bond acceptors (Lipinski definition) is 3. The van der Waals surface area contributed by atoms with Crippen LogP contribution >= 0.6 is 0 Å². The number of likely N-dealkylation sites (tertiary alicyclic amines) is 1. The van der Waals surface area contributed by atoms with Crippen LogP contribution in [0.1, 0.15) is 23.2 Å². The van der Waals surface area contributed by atoms with Crippen molar-refractivity contribution in [3.63, 3.8) is 0 Å². The second kappa shape index (κ2) is 9.01. The molecule has 2 heterocycles. The molecule has 164 valence electrons. The molecule has 5 rings (SSSR count). The van der Waals surface area contributed by atoms with Crippen molar-refractivity contribution < 1.29 is 13.6 Å². The molecule has 0 bridgehead atoms. The fourth-order valence-corrected chi connectivity index (χ4v) is 3.83. The highest BCUT2D eigenvalue weighted by atomic mass is 19.3. The SMILES string of the molecule is CN1CCC(F)(F)CC1.O=Cc1ccc2cc(-c3ccc4c(=O)[nH]ccc4c3)ccc2c1. The third-order valence-electron chi connectivity index (χ3n) is 5.83. The maximum atomic E-state index is 12.4. The molecule has 1 saturated heterocycles. The Morgan fingerprint density at radius 1 is 0.875 bits per heavy atom. The zero-order valence-corrected chi connectivity index (χ0v) is 17.8. The average molecular weight is 434 g/mol. The molecule has 0 atom stereocenters. The van der Waals surface area contributed by atoms with Crippen molar-refractivity contribution in [2.24, 2.45) is 0 Å². The zero-order chi connectivity index (χ0) is 22.7. The van der Waals surface area contributed by atoms with Gasteiger partial charge in [-0.05, 0) is 64.7 Å². The van der Waals surface area contributed by atoms with Crippen LogP contribution in [0.2, 0.25) is 0 Å². The first-order chi connectivity index (χ1) is 15.3. The van der Waals surface area contributed by atoms with Gasteiger partial charge < -0.3 is 9.88 Å². The first-order valence-electron chi connectivity index (χ1n) is 10.5. The number of rotatable bonds is 2. The van der Waals surface area contributed by atoms with Gasteiger partial charge in [0.05, 0.1) is 0 Å². The number of nitrogens with zero attached hydrogens (tertiary/aromatic N) is 1. The van der Waals surface area contributed by atoms with Gasteiger partial charge in [-0.15, -0.1) is 0 Å². The molecule has 0 saturated carbocycles. The molecule has 0 aliphatic carbocycles. The number of aldehydes is 1. The van der Waals surface area contributed by atoms with Gasteiger partial charge in [-0.2, -0.15) is 0 Å². The van der Waals surface area contributed by atoms with E-state index in [-0.39, 0.29) is 18.4 Å². The number of nitrogens with one attached hydrogen (secondary N) is 1. The molecule has 0 unspecified atom stereocenters. The molecule has 4 nitrogen and oxygen atoms in total. The monoisotopic (exact) mass is 434 g/mol. The zero-order valence-electron chi connectivity index (χ0n) is 17.8. The Morgan fingerprint density at radius 3 is 2.19 bits per heavy atom. The van der Waals surface area contributed by atoms with Crippen LogP contribution in [-0.4, -0.2) is 42.2 Å². The molecule has 3 aromatic carbocycles. The Balaban J connectivity index is 0.000000230. The number of aromatic amines is 1. The number of alkyl halides is 2. The van der Waals surface area contributed by atoms with Crippen molar-refractivity contribution >= 4 is 27.8 Å². The van der Waals surface area contributed by atoms with Crippen LogP contribution in [0.15, 0.2) is 71.7 Å². The van der Waals surface area contributed by atoms with Gasteiger partial charge in [0.25, 0.3) is 11.5 Å². The quantitative estimate of drug-likeness (QED) is 0.424. The topological polar surface area (TPSA) is 53.2 Å². The molecule has 4 aromatic rings. The van der Waals surface area contributed by atoms with Gasteiger partial charge in [0, 0.05) is 43.1 Å². The smallest absolute Gasteiger partial charge is 0.255 e. The minimum atomic E-state index is -2.38. The van der Waals surface area contributed by atoms with Gasteiger partial charge in [0.1, 0.15) is 6.29 Å². The predicted molar refractivity (Wildman–Crippen MR) is 125 cm³/mol. The third kappa shape index (κ3) is 4.92. The molecule has 1 N–H and O–H groups in total. The summed E-state index contributed by atoms with van der Waals surface area (Å²) in [4.78, 5) is 27.3. The van der Waals surface area contributed by atoms with Gasteiger partial charge >= 0.3 is 0 Å². The average Bonchev–Trinajstić information content (AvgIpc) is 2.81. The van der Waals surface area contributed by atoms with Crippen LogP contribution in [-0.2, 0) is 0 Å². The molecular formula is C26H24F2N2O2. The molecule has 1 aliphatic rings. The minimum absolute atomic E-state index is 0.0312. The molecule has 1 aliphatic heterocycles. The summed E-state index contributed by atoms with van der Waals surface area (Å²) < 4.78 is 24.7. The summed E-state index contributed by atoms with van der Waals surface area (Å²) >= 11 is 0. The molecule has 32 heavy (non-hydrogen) atoms. The maximum Gasteiger partial charge on any atom is 0.255 e. The highest BCUT2D eigenvalue weighted by Crippen LogP contribution is 2.27. The van der Waals surface area contributed by atoms with Gasteiger partial charge in [-0.1, -0.05) is 30.3 Å². The van der Waals surface area contributed by atoms with Gasteiger partial charge in [-0.3, -0.25) is 9.59 Å². The number of carbonyl (C=O) groups excluding carboxylic acids is 1. The number of hydrogen-bond donors (Lipinski definition) is 1. The number of pyridine rings is 1. The second-order valence-corrected chi connectivity index (χ2v) is 8.21. The Labute approximate surface area is 184 Å². The molecular weight excluding hydrogens is 410 g/mol. The highest BCUT2D eigenvalue weighted by Gasteiger charge is 2.32. The number of H-pyrrole nitrogens is 1. The molecule has 1 fully saturated rings. The van der Waals surface area contributed by atoms with Gasteiger partial charge in [-0.25, -0.2) is 8.78 Å². The summed E-state index contributed by atoms with van der Waals surface area (Å²) in [6.07, 6.45) is 2.58. The number of fused-ring (bicyclic) bond motifs is 2. The number of halogens is 2. The number of piperidine rings is 1. The van der Waals surface area contributed by atoms with E-state index in [0.29, 0.717) is 24.0 Å². The Bertz CT molecular complexity index is 1320. The summed E-state index contributed by atoms with van der Waals surface area (Å²) in [6, 6.07) is 19.5. The van der Waals surface area contributed by atoms with E-state index >= 15 is 0 Å². The number of carbonyl (C=O) groups is 1. The van der Waals surface area contributed by atoms with Crippen LogP contribution < -0.4 is 5.56 Å². The largest absolute Gasteiger partial charge is 0.329 e. The van der Waals surface area contributed by atoms with E-state index in [2.05, 4.69) is 11.1 Å². The van der Waals surface area contributed by atoms with Crippen molar-refractivity contribution in [1.82, 2.24) is 9.88 Å². The molecule has 0 amide bonds. The van der Waals surface area contributed by atoms with Crippen molar-refractivity contribution in [2.75, 3.05) is 20.1 Å². The van der Waals surface area contributed by atoms with Gasteiger partial charge in [0.15, 0.2) is 0 Å². The van der Waals surface area contributed by atoms with E-state index in [1.807, 2.05) is 66.5 Å². The number of benzene rings is 3. The fraction of sp³-hybridized carbons (Fsp3) is 0.231. The lowest BCUT2D eigenvalue weighted by Crippen LogP contribution is -2.36. The molecule has 6 heteroatoms. The second-order valence-electron chi connectivity index (χ2n) is 8.21. The predicted octanol–water partition coefficient (Wildman–Crippen LogP) is 5.51. The van der Waals surface area contributed by atoms with E-state index in [1.54, 1.807) is 6.20 Å². The van der Waals surface area contributed by atoms with Crippen molar-refractivity contribution in [3.8, 4) is 11.1 Å². The van der Waals surface area contributed by atoms with E-state index in [1.165, 1.54) is 0 Å².